The fraction of sp³-hybridized carbons (Fsp3) is 0.333. The van der Waals surface area contributed by atoms with Crippen molar-refractivity contribution in [3.8, 4) is 0 Å². The van der Waals surface area contributed by atoms with E-state index in [1.54, 1.807) is 6.07 Å². The molecule has 0 amide bonds. The van der Waals surface area contributed by atoms with Gasteiger partial charge >= 0.3 is 0 Å². The summed E-state index contributed by atoms with van der Waals surface area (Å²) in [6.45, 7) is 4.08. The molecule has 5 heteroatoms. The molecule has 0 fully saturated rings. The largest absolute Gasteiger partial charge is 0.458 e. The molecule has 0 saturated heterocycles. The van der Waals surface area contributed by atoms with Crippen LogP contribution in [0.4, 0.5) is 0 Å². The van der Waals surface area contributed by atoms with Gasteiger partial charge in [-0.2, -0.15) is 0 Å². The Morgan fingerprint density at radius 1 is 1.29 bits per heavy atom. The fourth-order valence-corrected chi connectivity index (χ4v) is 2.63. The van der Waals surface area contributed by atoms with Crippen LogP contribution in [0.15, 0.2) is 21.0 Å². The third kappa shape index (κ3) is 2.34. The molecule has 1 unspecified atom stereocenters. The van der Waals surface area contributed by atoms with Crippen molar-refractivity contribution in [2.24, 2.45) is 11.7 Å². The zero-order valence-electron chi connectivity index (χ0n) is 9.43. The van der Waals surface area contributed by atoms with Gasteiger partial charge in [-0.25, -0.2) is 0 Å². The molecule has 17 heavy (non-hydrogen) atoms. The van der Waals surface area contributed by atoms with Crippen LogP contribution in [-0.2, 0) is 0 Å². The molecule has 0 aliphatic heterocycles. The molecular weight excluding hydrogens is 325 g/mol. The molecule has 0 saturated carbocycles. The number of hydrogen-bond donors (Lipinski definition) is 1. The highest BCUT2D eigenvalue weighted by atomic mass is 79.9. The van der Waals surface area contributed by atoms with Gasteiger partial charge in [0.15, 0.2) is 5.58 Å². The maximum Gasteiger partial charge on any atom is 0.154 e. The lowest BCUT2D eigenvalue weighted by atomic mass is 10.0. The number of fused-ring (bicyclic) bond motifs is 1. The number of nitrogens with two attached hydrogens (primary N) is 1. The first-order valence-electron chi connectivity index (χ1n) is 5.24. The standard InChI is InChI=1S/C12H12BrCl2NO/c1-5(2)11(16)9-3-6-10(15)7(13)4-8(14)12(6)17-9/h3-5,11H,16H2,1-2H3. The Bertz CT molecular complexity index is 565. The molecule has 0 radical (unpaired) electrons. The Hall–Kier alpha value is -0.220. The molecule has 2 nitrogen and oxygen atoms in total. The van der Waals surface area contributed by atoms with E-state index >= 15 is 0 Å². The van der Waals surface area contributed by atoms with Crippen molar-refractivity contribution in [2.75, 3.05) is 0 Å². The van der Waals surface area contributed by atoms with Gasteiger partial charge < -0.3 is 10.2 Å². The van der Waals surface area contributed by atoms with Gasteiger partial charge in [-0.05, 0) is 34.0 Å². The minimum absolute atomic E-state index is 0.159. The van der Waals surface area contributed by atoms with E-state index in [0.717, 1.165) is 9.86 Å². The second kappa shape index (κ2) is 4.81. The van der Waals surface area contributed by atoms with Crippen molar-refractivity contribution >= 4 is 50.1 Å². The van der Waals surface area contributed by atoms with Gasteiger partial charge in [0.2, 0.25) is 0 Å². The Labute approximate surface area is 118 Å². The highest BCUT2D eigenvalue weighted by Crippen LogP contribution is 2.39. The molecule has 2 N–H and O–H groups in total. The van der Waals surface area contributed by atoms with Crippen LogP contribution in [0.2, 0.25) is 10.0 Å². The zero-order valence-corrected chi connectivity index (χ0v) is 12.5. The number of hydrogen-bond acceptors (Lipinski definition) is 2. The van der Waals surface area contributed by atoms with Gasteiger partial charge in [0.1, 0.15) is 5.76 Å². The number of halogens is 3. The molecule has 1 heterocycles. The summed E-state index contributed by atoms with van der Waals surface area (Å²) in [5.41, 5.74) is 6.64. The topological polar surface area (TPSA) is 39.2 Å². The second-order valence-corrected chi connectivity index (χ2v) is 5.96. The second-order valence-electron chi connectivity index (χ2n) is 4.32. The number of rotatable bonds is 2. The van der Waals surface area contributed by atoms with E-state index < -0.39 is 0 Å². The molecule has 1 atom stereocenters. The van der Waals surface area contributed by atoms with Crippen LogP contribution in [0.1, 0.15) is 25.6 Å². The Morgan fingerprint density at radius 3 is 2.53 bits per heavy atom. The van der Waals surface area contributed by atoms with Crippen molar-refractivity contribution in [3.63, 3.8) is 0 Å². The minimum Gasteiger partial charge on any atom is -0.458 e. The van der Waals surface area contributed by atoms with E-state index in [1.807, 2.05) is 19.9 Å². The SMILES string of the molecule is CC(C)C(N)c1cc2c(Cl)c(Br)cc(Cl)c2o1. The first-order valence-corrected chi connectivity index (χ1v) is 6.79. The normalized spacial score (nSPS) is 13.6. The summed E-state index contributed by atoms with van der Waals surface area (Å²) in [6, 6.07) is 3.42. The van der Waals surface area contributed by atoms with Crippen LogP contribution in [0.5, 0.6) is 0 Å². The Kier molecular flexibility index (Phi) is 3.74. The molecule has 1 aromatic heterocycles. The predicted molar refractivity (Wildman–Crippen MR) is 75.7 cm³/mol. The van der Waals surface area contributed by atoms with Crippen LogP contribution < -0.4 is 5.73 Å². The highest BCUT2D eigenvalue weighted by molar-refractivity contribution is 9.10. The third-order valence-corrected chi connectivity index (χ3v) is 4.26. The summed E-state index contributed by atoms with van der Waals surface area (Å²) < 4.78 is 6.45. The molecule has 0 bridgehead atoms. The zero-order chi connectivity index (χ0) is 12.7. The lowest BCUT2D eigenvalue weighted by Crippen LogP contribution is -2.15. The molecule has 0 aliphatic rings. The summed E-state index contributed by atoms with van der Waals surface area (Å²) in [5.74, 6) is 0.994. The first kappa shape index (κ1) is 13.2. The fourth-order valence-electron chi connectivity index (χ4n) is 1.61. The van der Waals surface area contributed by atoms with E-state index in [0.29, 0.717) is 21.4 Å². The van der Waals surface area contributed by atoms with Gasteiger partial charge in [0, 0.05) is 9.86 Å². The van der Waals surface area contributed by atoms with Crippen LogP contribution in [0, 0.1) is 5.92 Å². The van der Waals surface area contributed by atoms with Gasteiger partial charge in [-0.1, -0.05) is 37.0 Å². The molecule has 92 valence electrons. The van der Waals surface area contributed by atoms with Gasteiger partial charge in [-0.3, -0.25) is 0 Å². The van der Waals surface area contributed by atoms with Crippen LogP contribution in [-0.4, -0.2) is 0 Å². The maximum absolute atomic E-state index is 6.19. The maximum atomic E-state index is 6.19. The average molecular weight is 337 g/mol. The van der Waals surface area contributed by atoms with E-state index in [2.05, 4.69) is 15.9 Å². The van der Waals surface area contributed by atoms with Crippen molar-refractivity contribution in [2.45, 2.75) is 19.9 Å². The summed E-state index contributed by atoms with van der Waals surface area (Å²) in [4.78, 5) is 0. The Balaban J connectivity index is 2.65. The summed E-state index contributed by atoms with van der Waals surface area (Å²) in [6.07, 6.45) is 0. The summed E-state index contributed by atoms with van der Waals surface area (Å²) in [7, 11) is 0. The van der Waals surface area contributed by atoms with Gasteiger partial charge in [-0.15, -0.1) is 0 Å². The van der Waals surface area contributed by atoms with Crippen molar-refractivity contribution in [3.05, 3.63) is 32.4 Å². The lowest BCUT2D eigenvalue weighted by Gasteiger charge is -2.11. The van der Waals surface area contributed by atoms with Crippen LogP contribution in [0.25, 0.3) is 11.0 Å². The van der Waals surface area contributed by atoms with E-state index in [4.69, 9.17) is 33.4 Å². The molecule has 1 aromatic carbocycles. The summed E-state index contributed by atoms with van der Waals surface area (Å²) >= 11 is 15.7. The average Bonchev–Trinajstić information content (AvgIpc) is 2.70. The van der Waals surface area contributed by atoms with E-state index in [9.17, 15) is 0 Å². The predicted octanol–water partition coefficient (Wildman–Crippen LogP) is 5.16. The third-order valence-electron chi connectivity index (χ3n) is 2.71. The van der Waals surface area contributed by atoms with Crippen molar-refractivity contribution in [1.82, 2.24) is 0 Å². The van der Waals surface area contributed by atoms with Crippen LogP contribution >= 0.6 is 39.1 Å². The lowest BCUT2D eigenvalue weighted by molar-refractivity contribution is 0.418. The van der Waals surface area contributed by atoms with Crippen LogP contribution in [0.3, 0.4) is 0 Å². The van der Waals surface area contributed by atoms with Crippen molar-refractivity contribution < 1.29 is 4.42 Å². The highest BCUT2D eigenvalue weighted by Gasteiger charge is 2.19. The smallest absolute Gasteiger partial charge is 0.154 e. The quantitative estimate of drug-likeness (QED) is 0.769. The molecule has 2 aromatic rings. The molecular formula is C12H12BrCl2NO. The van der Waals surface area contributed by atoms with Crippen molar-refractivity contribution in [1.29, 1.82) is 0 Å². The van der Waals surface area contributed by atoms with E-state index in [-0.39, 0.29) is 12.0 Å². The van der Waals surface area contributed by atoms with Gasteiger partial charge in [0.25, 0.3) is 0 Å². The Morgan fingerprint density at radius 2 is 1.94 bits per heavy atom. The summed E-state index contributed by atoms with van der Waals surface area (Å²) in [5, 5.41) is 1.91. The minimum atomic E-state index is -0.159. The van der Waals surface area contributed by atoms with E-state index in [1.165, 1.54) is 0 Å². The number of benzene rings is 1. The molecule has 0 aliphatic carbocycles. The monoisotopic (exact) mass is 335 g/mol. The number of furan rings is 1. The molecule has 0 spiro atoms. The van der Waals surface area contributed by atoms with Gasteiger partial charge in [0.05, 0.1) is 16.1 Å². The molecule has 2 rings (SSSR count). The first-order chi connectivity index (χ1) is 7.91.